The van der Waals surface area contributed by atoms with E-state index in [4.69, 9.17) is 5.26 Å². The maximum Gasteiger partial charge on any atom is 0.251 e. The van der Waals surface area contributed by atoms with Gasteiger partial charge in [-0.1, -0.05) is 30.3 Å². The highest BCUT2D eigenvalue weighted by Gasteiger charge is 2.10. The molecule has 0 spiro atoms. The van der Waals surface area contributed by atoms with Crippen LogP contribution in [-0.4, -0.2) is 5.91 Å². The zero-order valence-corrected chi connectivity index (χ0v) is 10.6. The van der Waals surface area contributed by atoms with Gasteiger partial charge < -0.3 is 5.32 Å². The largest absolute Gasteiger partial charge is 0.346 e. The van der Waals surface area contributed by atoms with Crippen molar-refractivity contribution in [2.24, 2.45) is 0 Å². The van der Waals surface area contributed by atoms with Gasteiger partial charge in [0.05, 0.1) is 17.7 Å². The van der Waals surface area contributed by atoms with Crippen molar-refractivity contribution >= 4 is 5.91 Å². The molecule has 0 aliphatic rings. The molecular formula is C16H14N2O. The molecule has 0 bridgehead atoms. The van der Waals surface area contributed by atoms with Gasteiger partial charge in [0.2, 0.25) is 0 Å². The molecule has 0 unspecified atom stereocenters. The zero-order chi connectivity index (χ0) is 13.7. The summed E-state index contributed by atoms with van der Waals surface area (Å²) in [4.78, 5) is 12.0. The predicted octanol–water partition coefficient (Wildman–Crippen LogP) is 3.05. The number of carbonyl (C=O) groups excluding carboxylic acids is 1. The van der Waals surface area contributed by atoms with E-state index in [1.165, 1.54) is 0 Å². The third kappa shape index (κ3) is 3.20. The summed E-state index contributed by atoms with van der Waals surface area (Å²) in [7, 11) is 0. The van der Waals surface area contributed by atoms with Crippen LogP contribution in [0.2, 0.25) is 0 Å². The Hall–Kier alpha value is -2.60. The van der Waals surface area contributed by atoms with Gasteiger partial charge in [0.1, 0.15) is 0 Å². The Labute approximate surface area is 112 Å². The molecular weight excluding hydrogens is 236 g/mol. The Morgan fingerprint density at radius 2 is 1.74 bits per heavy atom. The quantitative estimate of drug-likeness (QED) is 0.910. The molecule has 1 N–H and O–H groups in total. The van der Waals surface area contributed by atoms with E-state index in [1.807, 2.05) is 43.3 Å². The molecule has 0 saturated heterocycles. The van der Waals surface area contributed by atoms with E-state index < -0.39 is 0 Å². The normalized spacial score (nSPS) is 11.4. The predicted molar refractivity (Wildman–Crippen MR) is 73.5 cm³/mol. The van der Waals surface area contributed by atoms with Gasteiger partial charge in [-0.3, -0.25) is 4.79 Å². The van der Waals surface area contributed by atoms with E-state index in [1.54, 1.807) is 24.3 Å². The molecule has 0 aliphatic carbocycles. The van der Waals surface area contributed by atoms with E-state index in [-0.39, 0.29) is 11.9 Å². The Morgan fingerprint density at radius 1 is 1.11 bits per heavy atom. The third-order valence-electron chi connectivity index (χ3n) is 2.92. The third-order valence-corrected chi connectivity index (χ3v) is 2.92. The fourth-order valence-electron chi connectivity index (χ4n) is 1.80. The molecule has 0 aromatic heterocycles. The summed E-state index contributed by atoms with van der Waals surface area (Å²) in [6, 6.07) is 18.4. The van der Waals surface area contributed by atoms with Crippen molar-refractivity contribution in [3.8, 4) is 6.07 Å². The number of carbonyl (C=O) groups is 1. The first-order valence-electron chi connectivity index (χ1n) is 6.06. The van der Waals surface area contributed by atoms with Crippen molar-refractivity contribution in [1.29, 1.82) is 5.26 Å². The van der Waals surface area contributed by atoms with E-state index in [2.05, 4.69) is 5.32 Å². The van der Waals surface area contributed by atoms with Crippen LogP contribution in [0.15, 0.2) is 54.6 Å². The fourth-order valence-corrected chi connectivity index (χ4v) is 1.80. The minimum absolute atomic E-state index is 0.0515. The maximum absolute atomic E-state index is 12.0. The summed E-state index contributed by atoms with van der Waals surface area (Å²) in [5, 5.41) is 11.6. The topological polar surface area (TPSA) is 52.9 Å². The highest BCUT2D eigenvalue weighted by molar-refractivity contribution is 5.94. The molecule has 0 heterocycles. The molecule has 1 amide bonds. The summed E-state index contributed by atoms with van der Waals surface area (Å²) in [6.45, 7) is 1.94. The molecule has 0 fully saturated rings. The van der Waals surface area contributed by atoms with Crippen LogP contribution in [0.3, 0.4) is 0 Å². The van der Waals surface area contributed by atoms with Crippen LogP contribution < -0.4 is 5.32 Å². The highest BCUT2D eigenvalue weighted by atomic mass is 16.1. The van der Waals surface area contributed by atoms with Gasteiger partial charge in [0.15, 0.2) is 0 Å². The van der Waals surface area contributed by atoms with Crippen molar-refractivity contribution < 1.29 is 4.79 Å². The Kier molecular flexibility index (Phi) is 3.94. The molecule has 2 aromatic rings. The van der Waals surface area contributed by atoms with Crippen LogP contribution in [0.4, 0.5) is 0 Å². The Balaban J connectivity index is 2.06. The lowest BCUT2D eigenvalue weighted by Crippen LogP contribution is -2.26. The van der Waals surface area contributed by atoms with Crippen LogP contribution in [0.5, 0.6) is 0 Å². The summed E-state index contributed by atoms with van der Waals surface area (Å²) >= 11 is 0. The van der Waals surface area contributed by atoms with Gasteiger partial charge in [-0.15, -0.1) is 0 Å². The first-order valence-corrected chi connectivity index (χ1v) is 6.06. The second-order valence-electron chi connectivity index (χ2n) is 4.29. The van der Waals surface area contributed by atoms with Crippen molar-refractivity contribution in [1.82, 2.24) is 5.32 Å². The molecule has 0 aliphatic heterocycles. The summed E-state index contributed by atoms with van der Waals surface area (Å²) in [6.07, 6.45) is 0. The minimum atomic E-state index is -0.138. The number of hydrogen-bond acceptors (Lipinski definition) is 2. The minimum Gasteiger partial charge on any atom is -0.346 e. The number of hydrogen-bond donors (Lipinski definition) is 1. The van der Waals surface area contributed by atoms with Crippen molar-refractivity contribution in [2.75, 3.05) is 0 Å². The monoisotopic (exact) mass is 250 g/mol. The molecule has 2 aromatic carbocycles. The van der Waals surface area contributed by atoms with E-state index in [9.17, 15) is 4.79 Å². The maximum atomic E-state index is 12.0. The number of benzene rings is 2. The SMILES string of the molecule is C[C@H](NC(=O)c1ccc(C#N)cc1)c1ccccc1. The van der Waals surface area contributed by atoms with Gasteiger partial charge >= 0.3 is 0 Å². The second-order valence-corrected chi connectivity index (χ2v) is 4.29. The van der Waals surface area contributed by atoms with E-state index in [0.717, 1.165) is 5.56 Å². The lowest BCUT2D eigenvalue weighted by Gasteiger charge is -2.14. The van der Waals surface area contributed by atoms with Gasteiger partial charge in [-0.25, -0.2) is 0 Å². The van der Waals surface area contributed by atoms with Crippen molar-refractivity contribution in [3.05, 3.63) is 71.3 Å². The standard InChI is InChI=1S/C16H14N2O/c1-12(14-5-3-2-4-6-14)18-16(19)15-9-7-13(11-17)8-10-15/h2-10,12H,1H3,(H,18,19)/t12-/m0/s1. The van der Waals surface area contributed by atoms with Crippen molar-refractivity contribution in [3.63, 3.8) is 0 Å². The van der Waals surface area contributed by atoms with Crippen molar-refractivity contribution in [2.45, 2.75) is 13.0 Å². The number of rotatable bonds is 3. The zero-order valence-electron chi connectivity index (χ0n) is 10.6. The van der Waals surface area contributed by atoms with Crippen LogP contribution in [0.1, 0.15) is 34.5 Å². The summed E-state index contributed by atoms with van der Waals surface area (Å²) in [5.74, 6) is -0.138. The first-order chi connectivity index (χ1) is 9.20. The Bertz CT molecular complexity index is 597. The lowest BCUT2D eigenvalue weighted by molar-refractivity contribution is 0.0940. The lowest BCUT2D eigenvalue weighted by atomic mass is 10.1. The number of nitrogens with one attached hydrogen (secondary N) is 1. The van der Waals surface area contributed by atoms with Gasteiger partial charge in [0.25, 0.3) is 5.91 Å². The molecule has 19 heavy (non-hydrogen) atoms. The number of amides is 1. The van der Waals surface area contributed by atoms with E-state index in [0.29, 0.717) is 11.1 Å². The van der Waals surface area contributed by atoms with Gasteiger partial charge in [-0.2, -0.15) is 5.26 Å². The van der Waals surface area contributed by atoms with Crippen LogP contribution >= 0.6 is 0 Å². The molecule has 1 atom stereocenters. The number of nitriles is 1. The first kappa shape index (κ1) is 12.8. The average Bonchev–Trinajstić information content (AvgIpc) is 2.48. The molecule has 0 radical (unpaired) electrons. The Morgan fingerprint density at radius 3 is 2.32 bits per heavy atom. The smallest absolute Gasteiger partial charge is 0.251 e. The van der Waals surface area contributed by atoms with Gasteiger partial charge in [0, 0.05) is 5.56 Å². The summed E-state index contributed by atoms with van der Waals surface area (Å²) < 4.78 is 0. The second kappa shape index (κ2) is 5.83. The molecule has 94 valence electrons. The van der Waals surface area contributed by atoms with Gasteiger partial charge in [-0.05, 0) is 36.8 Å². The number of nitrogens with zero attached hydrogens (tertiary/aromatic N) is 1. The summed E-state index contributed by atoms with van der Waals surface area (Å²) in [5.41, 5.74) is 2.17. The molecule has 3 heteroatoms. The van der Waals surface area contributed by atoms with Crippen LogP contribution in [-0.2, 0) is 0 Å². The molecule has 2 rings (SSSR count). The highest BCUT2D eigenvalue weighted by Crippen LogP contribution is 2.12. The average molecular weight is 250 g/mol. The van der Waals surface area contributed by atoms with Crippen LogP contribution in [0, 0.1) is 11.3 Å². The van der Waals surface area contributed by atoms with Crippen LogP contribution in [0.25, 0.3) is 0 Å². The fraction of sp³-hybridized carbons (Fsp3) is 0.125. The molecule has 0 saturated carbocycles. The van der Waals surface area contributed by atoms with E-state index >= 15 is 0 Å². The molecule has 3 nitrogen and oxygen atoms in total.